The van der Waals surface area contributed by atoms with Crippen molar-refractivity contribution in [2.45, 2.75) is 38.0 Å². The van der Waals surface area contributed by atoms with Crippen LogP contribution >= 0.6 is 0 Å². The summed E-state index contributed by atoms with van der Waals surface area (Å²) >= 11 is 0. The highest BCUT2D eigenvalue weighted by Crippen LogP contribution is 2.30. The predicted octanol–water partition coefficient (Wildman–Crippen LogP) is -1.04. The molecular formula is C12H20N6O3. The fourth-order valence-electron chi connectivity index (χ4n) is 2.31. The van der Waals surface area contributed by atoms with E-state index in [1.54, 1.807) is 0 Å². The fraction of sp³-hybridized carbons (Fsp3) is 0.833. The van der Waals surface area contributed by atoms with E-state index in [0.29, 0.717) is 19.1 Å². The zero-order chi connectivity index (χ0) is 14.7. The molecule has 1 aliphatic heterocycles. The summed E-state index contributed by atoms with van der Waals surface area (Å²) < 4.78 is 12.6. The first-order valence-electron chi connectivity index (χ1n) is 7.22. The van der Waals surface area contributed by atoms with Crippen LogP contribution in [0.5, 0.6) is 0 Å². The number of aromatic nitrogens is 4. The summed E-state index contributed by atoms with van der Waals surface area (Å²) in [5, 5.41) is 13.5. The number of carbonyl (C=O) groups excluding carboxylic acids is 1. The number of hydrogen-bond acceptors (Lipinski definition) is 7. The number of hydrogen-bond donors (Lipinski definition) is 2. The van der Waals surface area contributed by atoms with Crippen molar-refractivity contribution in [3.63, 3.8) is 0 Å². The van der Waals surface area contributed by atoms with Crippen molar-refractivity contribution in [2.24, 2.45) is 5.92 Å². The molecule has 0 unspecified atom stereocenters. The SMILES string of the molecule is Nc1nnnn1CC(=O)N[C@@H]1COCC[C@@H]1OCC1CC1. The molecular weight excluding hydrogens is 276 g/mol. The second kappa shape index (κ2) is 6.35. The number of ether oxygens (including phenoxy) is 2. The Balaban J connectivity index is 1.50. The Morgan fingerprint density at radius 3 is 3.05 bits per heavy atom. The van der Waals surface area contributed by atoms with Crippen molar-refractivity contribution in [3.8, 4) is 0 Å². The van der Waals surface area contributed by atoms with Crippen LogP contribution in [0.3, 0.4) is 0 Å². The maximum Gasteiger partial charge on any atom is 0.242 e. The van der Waals surface area contributed by atoms with Gasteiger partial charge < -0.3 is 20.5 Å². The van der Waals surface area contributed by atoms with Crippen LogP contribution in [0.1, 0.15) is 19.3 Å². The molecule has 1 saturated carbocycles. The van der Waals surface area contributed by atoms with E-state index < -0.39 is 0 Å². The summed E-state index contributed by atoms with van der Waals surface area (Å²) in [4.78, 5) is 12.0. The molecule has 0 aromatic carbocycles. The minimum atomic E-state index is -0.204. The third kappa shape index (κ3) is 3.88. The Hall–Kier alpha value is -1.74. The minimum Gasteiger partial charge on any atom is -0.379 e. The van der Waals surface area contributed by atoms with Gasteiger partial charge in [0.15, 0.2) is 0 Å². The molecule has 3 rings (SSSR count). The monoisotopic (exact) mass is 296 g/mol. The quantitative estimate of drug-likeness (QED) is 0.688. The van der Waals surface area contributed by atoms with E-state index >= 15 is 0 Å². The molecule has 1 amide bonds. The van der Waals surface area contributed by atoms with Crippen LogP contribution in [0, 0.1) is 5.92 Å². The van der Waals surface area contributed by atoms with E-state index in [-0.39, 0.29) is 30.5 Å². The average Bonchev–Trinajstić information content (AvgIpc) is 3.22. The smallest absolute Gasteiger partial charge is 0.242 e. The highest BCUT2D eigenvalue weighted by molar-refractivity contribution is 5.76. The van der Waals surface area contributed by atoms with Crippen molar-refractivity contribution in [1.29, 1.82) is 0 Å². The first kappa shape index (κ1) is 14.2. The molecule has 116 valence electrons. The molecule has 9 nitrogen and oxygen atoms in total. The molecule has 0 radical (unpaired) electrons. The Kier molecular flexibility index (Phi) is 4.30. The Morgan fingerprint density at radius 2 is 2.33 bits per heavy atom. The van der Waals surface area contributed by atoms with Gasteiger partial charge in [0.2, 0.25) is 11.9 Å². The highest BCUT2D eigenvalue weighted by atomic mass is 16.5. The molecule has 21 heavy (non-hydrogen) atoms. The average molecular weight is 296 g/mol. The van der Waals surface area contributed by atoms with Crippen molar-refractivity contribution < 1.29 is 14.3 Å². The maximum atomic E-state index is 12.0. The van der Waals surface area contributed by atoms with Gasteiger partial charge in [0.05, 0.1) is 18.8 Å². The number of nitrogens with zero attached hydrogens (tertiary/aromatic N) is 4. The van der Waals surface area contributed by atoms with Crippen molar-refractivity contribution in [2.75, 3.05) is 25.6 Å². The molecule has 2 fully saturated rings. The lowest BCUT2D eigenvalue weighted by Gasteiger charge is -2.32. The standard InChI is InChI=1S/C12H20N6O3/c13-12-15-16-17-18(12)5-11(19)14-9-7-20-4-3-10(9)21-6-8-1-2-8/h8-10H,1-7H2,(H,14,19)(H2,13,15,17)/t9-,10+/m1/s1. The zero-order valence-electron chi connectivity index (χ0n) is 11.8. The van der Waals surface area contributed by atoms with Crippen molar-refractivity contribution in [3.05, 3.63) is 0 Å². The topological polar surface area (TPSA) is 117 Å². The molecule has 3 N–H and O–H groups in total. The van der Waals surface area contributed by atoms with Crippen LogP contribution in [0.15, 0.2) is 0 Å². The van der Waals surface area contributed by atoms with E-state index in [4.69, 9.17) is 15.2 Å². The summed E-state index contributed by atoms with van der Waals surface area (Å²) in [5.41, 5.74) is 5.53. The second-order valence-corrected chi connectivity index (χ2v) is 5.55. The number of carbonyl (C=O) groups is 1. The Labute approximate surface area is 122 Å². The molecule has 1 aromatic rings. The van der Waals surface area contributed by atoms with E-state index in [9.17, 15) is 4.79 Å². The van der Waals surface area contributed by atoms with Gasteiger partial charge in [-0.15, -0.1) is 0 Å². The minimum absolute atomic E-state index is 0.00881. The van der Waals surface area contributed by atoms with Crippen LogP contribution in [-0.4, -0.2) is 58.1 Å². The number of tetrazole rings is 1. The third-order valence-electron chi connectivity index (χ3n) is 3.74. The van der Waals surface area contributed by atoms with E-state index in [0.717, 1.165) is 13.0 Å². The van der Waals surface area contributed by atoms with Gasteiger partial charge in [-0.1, -0.05) is 5.10 Å². The molecule has 9 heteroatoms. The Morgan fingerprint density at radius 1 is 1.48 bits per heavy atom. The van der Waals surface area contributed by atoms with Gasteiger partial charge in [-0.25, -0.2) is 4.68 Å². The maximum absolute atomic E-state index is 12.0. The highest BCUT2D eigenvalue weighted by Gasteiger charge is 2.30. The lowest BCUT2D eigenvalue weighted by molar-refractivity contribution is -0.127. The molecule has 1 aromatic heterocycles. The normalized spacial score (nSPS) is 25.7. The molecule has 1 aliphatic carbocycles. The third-order valence-corrected chi connectivity index (χ3v) is 3.74. The number of rotatable bonds is 6. The molecule has 2 atom stereocenters. The van der Waals surface area contributed by atoms with E-state index in [2.05, 4.69) is 20.8 Å². The van der Waals surface area contributed by atoms with E-state index in [1.807, 2.05) is 0 Å². The molecule has 2 aliphatic rings. The summed E-state index contributed by atoms with van der Waals surface area (Å²) in [6, 6.07) is -0.136. The van der Waals surface area contributed by atoms with Crippen LogP contribution in [-0.2, 0) is 20.8 Å². The zero-order valence-corrected chi connectivity index (χ0v) is 11.8. The van der Waals surface area contributed by atoms with Gasteiger partial charge in [-0.05, 0) is 35.6 Å². The fourth-order valence-corrected chi connectivity index (χ4v) is 2.31. The Bertz CT molecular complexity index is 489. The number of amides is 1. The van der Waals surface area contributed by atoms with Crippen LogP contribution < -0.4 is 11.1 Å². The number of anilines is 1. The van der Waals surface area contributed by atoms with Gasteiger partial charge >= 0.3 is 0 Å². The van der Waals surface area contributed by atoms with Gasteiger partial charge in [-0.3, -0.25) is 4.79 Å². The second-order valence-electron chi connectivity index (χ2n) is 5.55. The number of nitrogens with two attached hydrogens (primary N) is 1. The van der Waals surface area contributed by atoms with Gasteiger partial charge in [-0.2, -0.15) is 0 Å². The van der Waals surface area contributed by atoms with Crippen molar-refractivity contribution >= 4 is 11.9 Å². The van der Waals surface area contributed by atoms with Crippen molar-refractivity contribution in [1.82, 2.24) is 25.5 Å². The molecule has 0 spiro atoms. The lowest BCUT2D eigenvalue weighted by Crippen LogP contribution is -2.51. The van der Waals surface area contributed by atoms with Gasteiger partial charge in [0.25, 0.3) is 0 Å². The van der Waals surface area contributed by atoms with Gasteiger partial charge in [0.1, 0.15) is 6.54 Å². The molecule has 0 bridgehead atoms. The molecule has 1 saturated heterocycles. The summed E-state index contributed by atoms with van der Waals surface area (Å²) in [6.07, 6.45) is 3.30. The number of nitrogen functional groups attached to an aromatic ring is 1. The van der Waals surface area contributed by atoms with Crippen LogP contribution in [0.4, 0.5) is 5.95 Å². The summed E-state index contributed by atoms with van der Waals surface area (Å²) in [5.74, 6) is 0.612. The predicted molar refractivity (Wildman–Crippen MR) is 72.1 cm³/mol. The van der Waals surface area contributed by atoms with Gasteiger partial charge in [0, 0.05) is 13.2 Å². The van der Waals surface area contributed by atoms with Crippen LogP contribution in [0.25, 0.3) is 0 Å². The summed E-state index contributed by atoms with van der Waals surface area (Å²) in [6.45, 7) is 1.90. The van der Waals surface area contributed by atoms with E-state index in [1.165, 1.54) is 17.5 Å². The first-order valence-corrected chi connectivity index (χ1v) is 7.22. The first-order chi connectivity index (χ1) is 10.2. The lowest BCUT2D eigenvalue weighted by atomic mass is 10.1. The largest absolute Gasteiger partial charge is 0.379 e. The molecule has 2 heterocycles. The van der Waals surface area contributed by atoms with Crippen LogP contribution in [0.2, 0.25) is 0 Å². The number of nitrogens with one attached hydrogen (secondary N) is 1. The summed E-state index contributed by atoms with van der Waals surface area (Å²) in [7, 11) is 0.